The summed E-state index contributed by atoms with van der Waals surface area (Å²) in [7, 11) is 3.80. The minimum absolute atomic E-state index is 0.744. The molecule has 1 aromatic rings. The normalized spacial score (nSPS) is 11.2. The Morgan fingerprint density at radius 1 is 1.56 bits per heavy atom. The minimum atomic E-state index is 0.744. The Balaban J connectivity index is 2.03. The number of likely N-dealkylation sites (N-methyl/N-ethyl adjacent to an activating group) is 1. The van der Waals surface area contributed by atoms with E-state index in [4.69, 9.17) is 16.3 Å². The van der Waals surface area contributed by atoms with Crippen LogP contribution in [0, 0.1) is 0 Å². The topological polar surface area (TPSA) is 37.4 Å². The first-order chi connectivity index (χ1) is 7.72. The number of methoxy groups -OCH3 is 1. The highest BCUT2D eigenvalue weighted by molar-refractivity contribution is 7.15. The third-order valence-electron chi connectivity index (χ3n) is 2.15. The Labute approximate surface area is 106 Å². The molecule has 1 heterocycles. The molecular weight excluding hydrogens is 246 g/mol. The Kier molecular flexibility index (Phi) is 6.91. The summed E-state index contributed by atoms with van der Waals surface area (Å²) in [5.41, 5.74) is 0. The molecule has 0 aliphatic carbocycles. The highest BCUT2D eigenvalue weighted by atomic mass is 35.5. The van der Waals surface area contributed by atoms with Crippen molar-refractivity contribution in [3.05, 3.63) is 15.5 Å². The zero-order valence-corrected chi connectivity index (χ0v) is 11.3. The summed E-state index contributed by atoms with van der Waals surface area (Å²) in [4.78, 5) is 6.40. The van der Waals surface area contributed by atoms with Gasteiger partial charge in [-0.2, -0.15) is 0 Å². The van der Waals surface area contributed by atoms with Gasteiger partial charge in [-0.05, 0) is 7.05 Å². The minimum Gasteiger partial charge on any atom is -0.383 e. The van der Waals surface area contributed by atoms with Crippen LogP contribution in [-0.2, 0) is 11.3 Å². The van der Waals surface area contributed by atoms with Crippen molar-refractivity contribution in [1.29, 1.82) is 0 Å². The Morgan fingerprint density at radius 2 is 2.38 bits per heavy atom. The molecule has 0 radical (unpaired) electrons. The number of hydrogen-bond acceptors (Lipinski definition) is 5. The predicted molar refractivity (Wildman–Crippen MR) is 68.2 cm³/mol. The lowest BCUT2D eigenvalue weighted by molar-refractivity contribution is 0.161. The maximum Gasteiger partial charge on any atom is 0.113 e. The van der Waals surface area contributed by atoms with Gasteiger partial charge in [0.1, 0.15) is 9.34 Å². The number of hydrogen-bond donors (Lipinski definition) is 1. The van der Waals surface area contributed by atoms with Crippen molar-refractivity contribution in [3.63, 3.8) is 0 Å². The van der Waals surface area contributed by atoms with Crippen molar-refractivity contribution in [2.24, 2.45) is 0 Å². The highest BCUT2D eigenvalue weighted by Crippen LogP contribution is 2.17. The lowest BCUT2D eigenvalue weighted by atomic mass is 10.5. The van der Waals surface area contributed by atoms with E-state index in [1.807, 2.05) is 0 Å². The van der Waals surface area contributed by atoms with Crippen LogP contribution in [0.1, 0.15) is 5.01 Å². The van der Waals surface area contributed by atoms with Gasteiger partial charge in [0.15, 0.2) is 0 Å². The van der Waals surface area contributed by atoms with Crippen LogP contribution in [0.3, 0.4) is 0 Å². The van der Waals surface area contributed by atoms with Gasteiger partial charge in [0.2, 0.25) is 0 Å². The van der Waals surface area contributed by atoms with Crippen molar-refractivity contribution in [2.75, 3.05) is 40.4 Å². The second kappa shape index (κ2) is 7.97. The zero-order chi connectivity index (χ0) is 11.8. The lowest BCUT2D eigenvalue weighted by Crippen LogP contribution is -2.31. The number of ether oxygens (including phenoxy) is 1. The molecule has 0 saturated heterocycles. The molecule has 0 saturated carbocycles. The van der Waals surface area contributed by atoms with Crippen LogP contribution in [0.5, 0.6) is 0 Å². The van der Waals surface area contributed by atoms with Crippen LogP contribution in [0.15, 0.2) is 6.20 Å². The van der Waals surface area contributed by atoms with E-state index in [0.29, 0.717) is 0 Å². The van der Waals surface area contributed by atoms with Gasteiger partial charge in [-0.1, -0.05) is 11.6 Å². The first-order valence-electron chi connectivity index (χ1n) is 5.20. The average Bonchev–Trinajstić information content (AvgIpc) is 2.67. The van der Waals surface area contributed by atoms with Gasteiger partial charge in [0.05, 0.1) is 12.8 Å². The first-order valence-corrected chi connectivity index (χ1v) is 6.40. The van der Waals surface area contributed by atoms with E-state index in [2.05, 4.69) is 22.2 Å². The summed E-state index contributed by atoms with van der Waals surface area (Å²) in [6, 6.07) is 0. The largest absolute Gasteiger partial charge is 0.383 e. The van der Waals surface area contributed by atoms with Crippen molar-refractivity contribution in [1.82, 2.24) is 15.2 Å². The Morgan fingerprint density at radius 3 is 3.00 bits per heavy atom. The molecule has 0 bridgehead atoms. The number of nitrogens with zero attached hydrogens (tertiary/aromatic N) is 2. The molecule has 0 atom stereocenters. The molecule has 0 aromatic carbocycles. The maximum atomic E-state index is 5.79. The summed E-state index contributed by atoms with van der Waals surface area (Å²) >= 11 is 7.31. The summed E-state index contributed by atoms with van der Waals surface area (Å²) in [5.74, 6) is 0. The standard InChI is InChI=1S/C10H18ClN3OS/c1-14(5-6-15-2)4-3-12-8-10-13-7-9(11)16-10/h7,12H,3-6,8H2,1-2H3. The van der Waals surface area contributed by atoms with Gasteiger partial charge in [-0.15, -0.1) is 11.3 Å². The summed E-state index contributed by atoms with van der Waals surface area (Å²) in [6.07, 6.45) is 1.69. The molecule has 0 fully saturated rings. The van der Waals surface area contributed by atoms with Gasteiger partial charge < -0.3 is 15.0 Å². The lowest BCUT2D eigenvalue weighted by Gasteiger charge is -2.15. The fourth-order valence-corrected chi connectivity index (χ4v) is 2.12. The second-order valence-corrected chi connectivity index (χ2v) is 5.28. The molecule has 0 aliphatic heterocycles. The van der Waals surface area contributed by atoms with Crippen LogP contribution in [0.2, 0.25) is 4.34 Å². The van der Waals surface area contributed by atoms with Crippen molar-refractivity contribution >= 4 is 22.9 Å². The first kappa shape index (κ1) is 13.9. The van der Waals surface area contributed by atoms with E-state index < -0.39 is 0 Å². The zero-order valence-electron chi connectivity index (χ0n) is 9.70. The van der Waals surface area contributed by atoms with E-state index in [0.717, 1.165) is 42.1 Å². The number of halogens is 1. The Bertz CT molecular complexity index is 295. The van der Waals surface area contributed by atoms with Gasteiger partial charge >= 0.3 is 0 Å². The summed E-state index contributed by atoms with van der Waals surface area (Å²) in [6.45, 7) is 4.47. The SMILES string of the molecule is COCCN(C)CCNCc1ncc(Cl)s1. The number of thiazole rings is 1. The quantitative estimate of drug-likeness (QED) is 0.721. The molecule has 1 N–H and O–H groups in total. The van der Waals surface area contributed by atoms with E-state index in [-0.39, 0.29) is 0 Å². The van der Waals surface area contributed by atoms with Gasteiger partial charge in [0, 0.05) is 33.3 Å². The van der Waals surface area contributed by atoms with Gasteiger partial charge in [-0.25, -0.2) is 4.98 Å². The molecule has 1 aromatic heterocycles. The van der Waals surface area contributed by atoms with Crippen LogP contribution in [0.25, 0.3) is 0 Å². The maximum absolute atomic E-state index is 5.79. The summed E-state index contributed by atoms with van der Waals surface area (Å²) in [5, 5.41) is 4.36. The second-order valence-electron chi connectivity index (χ2n) is 3.53. The Hall–Kier alpha value is -0.200. The number of rotatable bonds is 8. The molecule has 0 amide bonds. The van der Waals surface area contributed by atoms with Crippen molar-refractivity contribution in [2.45, 2.75) is 6.54 Å². The van der Waals surface area contributed by atoms with Crippen LogP contribution < -0.4 is 5.32 Å². The van der Waals surface area contributed by atoms with Crippen molar-refractivity contribution < 1.29 is 4.74 Å². The van der Waals surface area contributed by atoms with Crippen molar-refractivity contribution in [3.8, 4) is 0 Å². The molecule has 4 nitrogen and oxygen atoms in total. The van der Waals surface area contributed by atoms with Gasteiger partial charge in [-0.3, -0.25) is 0 Å². The monoisotopic (exact) mass is 263 g/mol. The highest BCUT2D eigenvalue weighted by Gasteiger charge is 2.00. The number of nitrogens with one attached hydrogen (secondary N) is 1. The molecule has 1 rings (SSSR count). The van der Waals surface area contributed by atoms with Gasteiger partial charge in [0.25, 0.3) is 0 Å². The van der Waals surface area contributed by atoms with E-state index >= 15 is 0 Å². The molecule has 0 spiro atoms. The fourth-order valence-electron chi connectivity index (χ4n) is 1.19. The fraction of sp³-hybridized carbons (Fsp3) is 0.700. The van der Waals surface area contributed by atoms with E-state index in [1.54, 1.807) is 13.3 Å². The molecular formula is C10H18ClN3OS. The molecule has 0 aliphatic rings. The third-order valence-corrected chi connectivity index (χ3v) is 3.26. The average molecular weight is 264 g/mol. The predicted octanol–water partition coefficient (Wildman–Crippen LogP) is 1.46. The smallest absolute Gasteiger partial charge is 0.113 e. The van der Waals surface area contributed by atoms with E-state index in [9.17, 15) is 0 Å². The number of aromatic nitrogens is 1. The van der Waals surface area contributed by atoms with Crippen LogP contribution >= 0.6 is 22.9 Å². The van der Waals surface area contributed by atoms with E-state index in [1.165, 1.54) is 11.3 Å². The van der Waals surface area contributed by atoms with Crippen LogP contribution in [-0.4, -0.2) is 50.3 Å². The summed E-state index contributed by atoms with van der Waals surface area (Å²) < 4.78 is 5.75. The molecule has 16 heavy (non-hydrogen) atoms. The molecule has 0 unspecified atom stereocenters. The molecule has 92 valence electrons. The molecule has 6 heteroatoms. The third kappa shape index (κ3) is 5.77. The van der Waals surface area contributed by atoms with Crippen LogP contribution in [0.4, 0.5) is 0 Å².